The van der Waals surface area contributed by atoms with Gasteiger partial charge >= 0.3 is 0 Å². The van der Waals surface area contributed by atoms with Crippen molar-refractivity contribution in [3.05, 3.63) is 89.6 Å². The first kappa shape index (κ1) is 28.6. The Labute approximate surface area is 242 Å². The minimum atomic E-state index is -1.14. The van der Waals surface area contributed by atoms with E-state index >= 15 is 4.39 Å². The summed E-state index contributed by atoms with van der Waals surface area (Å²) < 4.78 is 16.8. The van der Waals surface area contributed by atoms with Crippen LogP contribution in [0, 0.1) is 5.82 Å². The normalized spacial score (nSPS) is 13.0. The molecule has 0 aliphatic rings. The van der Waals surface area contributed by atoms with Crippen molar-refractivity contribution in [2.45, 2.75) is 58.4 Å². The summed E-state index contributed by atoms with van der Waals surface area (Å²) in [5, 5.41) is 29.2. The smallest absolute Gasteiger partial charge is 0.159 e. The number of nitrogens with zero attached hydrogens (tertiary/aromatic N) is 5. The number of halogens is 2. The van der Waals surface area contributed by atoms with Crippen LogP contribution in [0.25, 0.3) is 33.2 Å². The molecule has 0 aliphatic carbocycles. The summed E-state index contributed by atoms with van der Waals surface area (Å²) in [6, 6.07) is 10.2. The SMILES string of the molecule is C[C@@H](Nc1c(Cl)cnc2ccc(-c3cnc(C(C)(C)O)nc3)cc12)c1cc(-c2cnn(CC(C)(C)O)c2)ccc1F. The minimum Gasteiger partial charge on any atom is -0.389 e. The van der Waals surface area contributed by atoms with Crippen LogP contribution in [0.2, 0.25) is 5.02 Å². The Hall–Kier alpha value is -3.92. The molecule has 0 spiro atoms. The molecule has 41 heavy (non-hydrogen) atoms. The molecule has 212 valence electrons. The van der Waals surface area contributed by atoms with Gasteiger partial charge in [0.25, 0.3) is 0 Å². The van der Waals surface area contributed by atoms with Gasteiger partial charge in [-0.25, -0.2) is 14.4 Å². The first-order chi connectivity index (χ1) is 19.3. The van der Waals surface area contributed by atoms with Gasteiger partial charge in [-0.1, -0.05) is 23.7 Å². The lowest BCUT2D eigenvalue weighted by Crippen LogP contribution is -2.26. The molecule has 0 fully saturated rings. The minimum absolute atomic E-state index is 0.330. The molecule has 0 saturated carbocycles. The molecule has 8 nitrogen and oxygen atoms in total. The summed E-state index contributed by atoms with van der Waals surface area (Å²) in [5.74, 6) is -0.0198. The standard InChI is InChI=1S/C31H32ClFN6O2/c1-18(23-10-20(6-8-26(23)33)22-14-37-39(16-22)17-30(2,3)40)38-28-24-11-19(7-9-27(24)34-15-25(28)32)21-12-35-29(36-13-21)31(4,5)41/h6-16,18,40-41H,17H2,1-5H3,(H,34,38)/t18-/m1/s1. The number of aromatic nitrogens is 5. The maximum atomic E-state index is 15.1. The highest BCUT2D eigenvalue weighted by Gasteiger charge is 2.20. The topological polar surface area (TPSA) is 109 Å². The number of rotatable bonds is 8. The number of aliphatic hydroxyl groups is 2. The van der Waals surface area contributed by atoms with E-state index in [-0.39, 0.29) is 5.82 Å². The van der Waals surface area contributed by atoms with Crippen molar-refractivity contribution >= 4 is 28.2 Å². The Balaban J connectivity index is 1.46. The Kier molecular flexibility index (Phi) is 7.54. The van der Waals surface area contributed by atoms with Crippen molar-refractivity contribution in [1.29, 1.82) is 0 Å². The zero-order valence-corrected chi connectivity index (χ0v) is 24.3. The number of benzene rings is 2. The molecule has 0 radical (unpaired) electrons. The number of anilines is 1. The third-order valence-corrected chi connectivity index (χ3v) is 6.98. The van der Waals surface area contributed by atoms with Gasteiger partial charge in [0, 0.05) is 46.9 Å². The van der Waals surface area contributed by atoms with Crippen LogP contribution in [-0.2, 0) is 12.1 Å². The van der Waals surface area contributed by atoms with Crippen LogP contribution in [0.3, 0.4) is 0 Å². The van der Waals surface area contributed by atoms with E-state index in [1.807, 2.05) is 31.3 Å². The van der Waals surface area contributed by atoms with Gasteiger partial charge in [0.05, 0.1) is 40.6 Å². The first-order valence-corrected chi connectivity index (χ1v) is 13.6. The molecule has 10 heteroatoms. The lowest BCUT2D eigenvalue weighted by molar-refractivity contribution is 0.0577. The van der Waals surface area contributed by atoms with E-state index in [2.05, 4.69) is 25.4 Å². The van der Waals surface area contributed by atoms with Crippen LogP contribution in [0.15, 0.2) is 67.4 Å². The van der Waals surface area contributed by atoms with E-state index in [9.17, 15) is 10.2 Å². The summed E-state index contributed by atoms with van der Waals surface area (Å²) in [6.07, 6.45) is 8.44. The molecule has 2 aromatic carbocycles. The summed E-state index contributed by atoms with van der Waals surface area (Å²) in [4.78, 5) is 13.1. The number of pyridine rings is 1. The van der Waals surface area contributed by atoms with Gasteiger partial charge in [-0.2, -0.15) is 5.10 Å². The Bertz CT molecular complexity index is 1710. The Morgan fingerprint density at radius 3 is 2.27 bits per heavy atom. The first-order valence-electron chi connectivity index (χ1n) is 13.2. The molecule has 3 aromatic heterocycles. The predicted molar refractivity (Wildman–Crippen MR) is 159 cm³/mol. The quantitative estimate of drug-likeness (QED) is 0.193. The fraction of sp³-hybridized carbons (Fsp3) is 0.290. The zero-order chi connectivity index (χ0) is 29.5. The second kappa shape index (κ2) is 10.8. The number of fused-ring (bicyclic) bond motifs is 1. The van der Waals surface area contributed by atoms with Crippen molar-refractivity contribution in [2.24, 2.45) is 0 Å². The van der Waals surface area contributed by atoms with Crippen LogP contribution in [0.5, 0.6) is 0 Å². The zero-order valence-electron chi connectivity index (χ0n) is 23.5. The number of hydrogen-bond acceptors (Lipinski definition) is 7. The van der Waals surface area contributed by atoms with Crippen molar-refractivity contribution in [1.82, 2.24) is 24.7 Å². The molecule has 0 saturated heterocycles. The van der Waals surface area contributed by atoms with Crippen molar-refractivity contribution < 1.29 is 14.6 Å². The van der Waals surface area contributed by atoms with Gasteiger partial charge in [0.2, 0.25) is 0 Å². The van der Waals surface area contributed by atoms with Gasteiger partial charge in [0.15, 0.2) is 5.82 Å². The van der Waals surface area contributed by atoms with Crippen LogP contribution in [0.1, 0.15) is 52.0 Å². The molecular weight excluding hydrogens is 543 g/mol. The van der Waals surface area contributed by atoms with Gasteiger partial charge in [0.1, 0.15) is 11.4 Å². The van der Waals surface area contributed by atoms with Gasteiger partial charge in [-0.05, 0) is 70.0 Å². The molecule has 5 aromatic rings. The highest BCUT2D eigenvalue weighted by Crippen LogP contribution is 2.36. The van der Waals surface area contributed by atoms with E-state index in [1.54, 1.807) is 69.3 Å². The third-order valence-electron chi connectivity index (χ3n) is 6.69. The summed E-state index contributed by atoms with van der Waals surface area (Å²) in [5.41, 5.74) is 2.99. The Morgan fingerprint density at radius 2 is 1.59 bits per heavy atom. The Morgan fingerprint density at radius 1 is 0.902 bits per heavy atom. The van der Waals surface area contributed by atoms with Gasteiger partial charge < -0.3 is 15.5 Å². The lowest BCUT2D eigenvalue weighted by Gasteiger charge is -2.20. The summed E-state index contributed by atoms with van der Waals surface area (Å²) in [6.45, 7) is 8.91. The van der Waals surface area contributed by atoms with E-state index in [0.717, 1.165) is 33.2 Å². The summed E-state index contributed by atoms with van der Waals surface area (Å²) in [7, 11) is 0. The largest absolute Gasteiger partial charge is 0.389 e. The van der Waals surface area contributed by atoms with Crippen LogP contribution in [0.4, 0.5) is 10.1 Å². The predicted octanol–water partition coefficient (Wildman–Crippen LogP) is 6.52. The molecule has 1 atom stereocenters. The van der Waals surface area contributed by atoms with Crippen molar-refractivity contribution in [3.63, 3.8) is 0 Å². The third kappa shape index (κ3) is 6.37. The number of hydrogen-bond donors (Lipinski definition) is 3. The average molecular weight is 575 g/mol. The molecule has 0 bridgehead atoms. The number of nitrogens with one attached hydrogen (secondary N) is 1. The molecule has 0 amide bonds. The van der Waals surface area contributed by atoms with Gasteiger partial charge in [-0.15, -0.1) is 0 Å². The highest BCUT2D eigenvalue weighted by molar-refractivity contribution is 6.34. The fourth-order valence-corrected chi connectivity index (χ4v) is 4.84. The van der Waals surface area contributed by atoms with Crippen molar-refractivity contribution in [3.8, 4) is 22.3 Å². The molecule has 3 heterocycles. The molecule has 0 unspecified atom stereocenters. The molecule has 5 rings (SSSR count). The maximum absolute atomic E-state index is 15.1. The molecular formula is C31H32ClFN6O2. The second-order valence-electron chi connectivity index (χ2n) is 11.4. The fourth-order valence-electron chi connectivity index (χ4n) is 4.63. The average Bonchev–Trinajstić information content (AvgIpc) is 3.36. The van der Waals surface area contributed by atoms with Crippen LogP contribution < -0.4 is 5.32 Å². The van der Waals surface area contributed by atoms with Crippen molar-refractivity contribution in [2.75, 3.05) is 5.32 Å². The summed E-state index contributed by atoms with van der Waals surface area (Å²) >= 11 is 6.62. The van der Waals surface area contributed by atoms with Gasteiger partial charge in [-0.3, -0.25) is 9.67 Å². The van der Waals surface area contributed by atoms with Crippen LogP contribution in [-0.4, -0.2) is 40.5 Å². The van der Waals surface area contributed by atoms with E-state index < -0.39 is 17.2 Å². The highest BCUT2D eigenvalue weighted by atomic mass is 35.5. The molecule has 3 N–H and O–H groups in total. The lowest BCUT2D eigenvalue weighted by atomic mass is 10.0. The second-order valence-corrected chi connectivity index (χ2v) is 11.8. The van der Waals surface area contributed by atoms with E-state index in [0.29, 0.717) is 28.6 Å². The maximum Gasteiger partial charge on any atom is 0.159 e. The van der Waals surface area contributed by atoms with Crippen LogP contribution >= 0.6 is 11.6 Å². The molecule has 0 aliphatic heterocycles. The van der Waals surface area contributed by atoms with E-state index in [4.69, 9.17) is 11.6 Å². The van der Waals surface area contributed by atoms with E-state index in [1.165, 1.54) is 6.07 Å². The monoisotopic (exact) mass is 574 g/mol.